The topological polar surface area (TPSA) is 69.0 Å². The minimum absolute atomic E-state index is 0.0695. The van der Waals surface area contributed by atoms with Gasteiger partial charge >= 0.3 is 0 Å². The Balaban J connectivity index is 1.51. The fourth-order valence-corrected chi connectivity index (χ4v) is 4.68. The Bertz CT molecular complexity index is 1180. The van der Waals surface area contributed by atoms with Crippen molar-refractivity contribution in [2.75, 3.05) is 13.7 Å². The molecule has 0 fully saturated rings. The molecule has 0 unspecified atom stereocenters. The summed E-state index contributed by atoms with van der Waals surface area (Å²) in [5.41, 5.74) is 7.39. The summed E-state index contributed by atoms with van der Waals surface area (Å²) in [5, 5.41) is 8.86. The summed E-state index contributed by atoms with van der Waals surface area (Å²) >= 11 is 0. The molecule has 6 nitrogen and oxygen atoms in total. The number of fused-ring (bicyclic) bond motifs is 1. The molecule has 1 aliphatic carbocycles. The lowest BCUT2D eigenvalue weighted by molar-refractivity contribution is -0.121. The maximum atomic E-state index is 12.5. The zero-order valence-electron chi connectivity index (χ0n) is 20.2. The molecule has 1 aromatic carbocycles. The molecule has 0 spiro atoms. The number of nitrogens with one attached hydrogen (secondary N) is 1. The molecule has 1 N–H and O–H groups in total. The number of hydrogen-bond acceptors (Lipinski definition) is 4. The first-order chi connectivity index (χ1) is 16.0. The Morgan fingerprint density at radius 2 is 1.91 bits per heavy atom. The molecule has 174 valence electrons. The highest BCUT2D eigenvalue weighted by molar-refractivity contribution is 5.86. The van der Waals surface area contributed by atoms with Crippen molar-refractivity contribution in [2.45, 2.75) is 65.7 Å². The van der Waals surface area contributed by atoms with E-state index in [1.165, 1.54) is 36.8 Å². The van der Waals surface area contributed by atoms with Crippen LogP contribution < -0.4 is 10.1 Å². The fraction of sp³-hybridized carbons (Fsp3) is 0.444. The fourth-order valence-electron chi connectivity index (χ4n) is 4.68. The summed E-state index contributed by atoms with van der Waals surface area (Å²) in [6.07, 6.45) is 9.21. The number of hydrogen-bond donors (Lipinski definition) is 1. The molecule has 2 heterocycles. The van der Waals surface area contributed by atoms with Crippen molar-refractivity contribution in [3.63, 3.8) is 0 Å². The number of carbonyl (C=O) groups is 1. The number of nitrogens with zero attached hydrogens (tertiary/aromatic N) is 3. The molecule has 1 amide bonds. The number of aryl methyl sites for hydroxylation is 3. The van der Waals surface area contributed by atoms with Crippen molar-refractivity contribution in [2.24, 2.45) is 0 Å². The molecule has 0 atom stereocenters. The van der Waals surface area contributed by atoms with Gasteiger partial charge in [0.15, 0.2) is 5.65 Å². The lowest BCUT2D eigenvalue weighted by atomic mass is 9.97. The maximum Gasteiger partial charge on any atom is 0.220 e. The van der Waals surface area contributed by atoms with Gasteiger partial charge in [-0.25, -0.2) is 4.68 Å². The highest BCUT2D eigenvalue weighted by atomic mass is 16.5. The molecule has 3 aromatic rings. The van der Waals surface area contributed by atoms with Crippen LogP contribution in [-0.2, 0) is 11.2 Å². The van der Waals surface area contributed by atoms with E-state index in [0.717, 1.165) is 40.0 Å². The lowest BCUT2D eigenvalue weighted by Gasteiger charge is -2.14. The Kier molecular flexibility index (Phi) is 7.11. The van der Waals surface area contributed by atoms with Crippen LogP contribution in [0.15, 0.2) is 35.9 Å². The number of ether oxygens (including phenoxy) is 1. The van der Waals surface area contributed by atoms with Gasteiger partial charge in [-0.15, -0.1) is 0 Å². The van der Waals surface area contributed by atoms with E-state index in [9.17, 15) is 4.79 Å². The van der Waals surface area contributed by atoms with Gasteiger partial charge in [0.25, 0.3) is 0 Å². The first-order valence-corrected chi connectivity index (χ1v) is 11.9. The molecule has 4 rings (SSSR count). The average Bonchev–Trinajstić information content (AvgIpc) is 3.15. The summed E-state index contributed by atoms with van der Waals surface area (Å²) in [7, 11) is 1.63. The van der Waals surface area contributed by atoms with Crippen LogP contribution >= 0.6 is 0 Å². The van der Waals surface area contributed by atoms with E-state index in [1.54, 1.807) is 7.11 Å². The van der Waals surface area contributed by atoms with E-state index in [0.29, 0.717) is 25.3 Å². The van der Waals surface area contributed by atoms with Crippen molar-refractivity contribution < 1.29 is 9.53 Å². The highest BCUT2D eigenvalue weighted by Crippen LogP contribution is 2.32. The minimum atomic E-state index is 0.0695. The molecule has 0 saturated carbocycles. The van der Waals surface area contributed by atoms with Gasteiger partial charge in [-0.2, -0.15) is 10.1 Å². The van der Waals surface area contributed by atoms with Crippen LogP contribution in [0.4, 0.5) is 0 Å². The van der Waals surface area contributed by atoms with Crippen LogP contribution in [0.25, 0.3) is 16.7 Å². The number of benzene rings is 1. The van der Waals surface area contributed by atoms with E-state index in [4.69, 9.17) is 14.8 Å². The van der Waals surface area contributed by atoms with Gasteiger partial charge in [-0.3, -0.25) is 4.79 Å². The van der Waals surface area contributed by atoms with Gasteiger partial charge in [0.2, 0.25) is 11.8 Å². The summed E-state index contributed by atoms with van der Waals surface area (Å²) in [5.74, 6) is 0.633. The molecule has 0 bridgehead atoms. The monoisotopic (exact) mass is 446 g/mol. The molecule has 0 aliphatic heterocycles. The SMILES string of the molecule is COc1nc2c(c(C)nn2-c2ccc(C)cc2)c(C)c1CCC(=O)NCCC1=CCCCC1. The number of pyridine rings is 1. The molecule has 2 aromatic heterocycles. The Morgan fingerprint density at radius 3 is 2.61 bits per heavy atom. The van der Waals surface area contributed by atoms with Crippen LogP contribution in [-0.4, -0.2) is 34.3 Å². The quantitative estimate of drug-likeness (QED) is 0.477. The van der Waals surface area contributed by atoms with E-state index < -0.39 is 0 Å². The molecule has 0 radical (unpaired) electrons. The Morgan fingerprint density at radius 1 is 1.12 bits per heavy atom. The number of carbonyl (C=O) groups excluding carboxylic acids is 1. The third kappa shape index (κ3) is 5.10. The third-order valence-corrected chi connectivity index (χ3v) is 6.56. The van der Waals surface area contributed by atoms with Gasteiger partial charge in [0.1, 0.15) is 0 Å². The van der Waals surface area contributed by atoms with Gasteiger partial charge in [0, 0.05) is 23.9 Å². The number of methoxy groups -OCH3 is 1. The third-order valence-electron chi connectivity index (χ3n) is 6.56. The van der Waals surface area contributed by atoms with Crippen molar-refractivity contribution in [1.29, 1.82) is 0 Å². The summed E-state index contributed by atoms with van der Waals surface area (Å²) < 4.78 is 7.53. The summed E-state index contributed by atoms with van der Waals surface area (Å²) in [6, 6.07) is 8.23. The summed E-state index contributed by atoms with van der Waals surface area (Å²) in [4.78, 5) is 17.3. The van der Waals surface area contributed by atoms with Gasteiger partial charge in [-0.05, 0) is 77.0 Å². The molecule has 1 aliphatic rings. The number of allylic oxidation sites excluding steroid dienone is 1. The van der Waals surface area contributed by atoms with E-state index >= 15 is 0 Å². The van der Waals surface area contributed by atoms with Crippen LogP contribution in [0.3, 0.4) is 0 Å². The smallest absolute Gasteiger partial charge is 0.220 e. The van der Waals surface area contributed by atoms with Gasteiger partial charge in [-0.1, -0.05) is 29.3 Å². The van der Waals surface area contributed by atoms with Crippen molar-refractivity contribution >= 4 is 16.9 Å². The van der Waals surface area contributed by atoms with Gasteiger partial charge in [0.05, 0.1) is 18.5 Å². The van der Waals surface area contributed by atoms with Crippen LogP contribution in [0, 0.1) is 20.8 Å². The molecular formula is C27H34N4O2. The van der Waals surface area contributed by atoms with Crippen molar-refractivity contribution in [3.05, 3.63) is 58.3 Å². The van der Waals surface area contributed by atoms with E-state index in [2.05, 4.69) is 37.4 Å². The first-order valence-electron chi connectivity index (χ1n) is 11.9. The molecule has 0 saturated heterocycles. The predicted molar refractivity (Wildman–Crippen MR) is 132 cm³/mol. The standard InChI is InChI=1S/C27H34N4O2/c1-18-10-12-22(13-11-18)31-26-25(20(3)30-31)19(2)23(27(29-26)33-4)14-15-24(32)28-17-16-21-8-6-5-7-9-21/h8,10-13H,5-7,9,14-17H2,1-4H3,(H,28,32). The number of amides is 1. The second-order valence-corrected chi connectivity index (χ2v) is 8.96. The second-order valence-electron chi connectivity index (χ2n) is 8.96. The number of aromatic nitrogens is 3. The van der Waals surface area contributed by atoms with Crippen molar-refractivity contribution in [3.8, 4) is 11.6 Å². The van der Waals surface area contributed by atoms with Crippen molar-refractivity contribution in [1.82, 2.24) is 20.1 Å². The maximum absolute atomic E-state index is 12.5. The largest absolute Gasteiger partial charge is 0.481 e. The Hall–Kier alpha value is -3.15. The number of rotatable bonds is 8. The molecule has 33 heavy (non-hydrogen) atoms. The zero-order valence-corrected chi connectivity index (χ0v) is 20.2. The van der Waals surface area contributed by atoms with Crippen LogP contribution in [0.2, 0.25) is 0 Å². The van der Waals surface area contributed by atoms with Crippen LogP contribution in [0.5, 0.6) is 5.88 Å². The highest BCUT2D eigenvalue weighted by Gasteiger charge is 2.20. The first kappa shape index (κ1) is 23.0. The summed E-state index contributed by atoms with van der Waals surface area (Å²) in [6.45, 7) is 6.85. The Labute approximate surface area is 196 Å². The van der Waals surface area contributed by atoms with E-state index in [-0.39, 0.29) is 5.91 Å². The average molecular weight is 447 g/mol. The zero-order chi connectivity index (χ0) is 23.4. The van der Waals surface area contributed by atoms with Gasteiger partial charge < -0.3 is 10.1 Å². The molecular weight excluding hydrogens is 412 g/mol. The molecule has 6 heteroatoms. The lowest BCUT2D eigenvalue weighted by Crippen LogP contribution is -2.25. The minimum Gasteiger partial charge on any atom is -0.481 e. The second kappa shape index (κ2) is 10.2. The van der Waals surface area contributed by atoms with E-state index in [1.807, 2.05) is 23.7 Å². The predicted octanol–water partition coefficient (Wildman–Crippen LogP) is 5.29. The van der Waals surface area contributed by atoms with Crippen LogP contribution in [0.1, 0.15) is 60.9 Å². The normalized spacial score (nSPS) is 13.8.